The molecule has 7 heterocycles. The zero-order valence-corrected chi connectivity index (χ0v) is 33.8. The molecule has 2 fully saturated rings. The maximum absolute atomic E-state index is 14.7. The van der Waals surface area contributed by atoms with Crippen molar-refractivity contribution in [1.82, 2.24) is 39.6 Å². The lowest BCUT2D eigenvalue weighted by Crippen LogP contribution is -2.54. The first-order chi connectivity index (χ1) is 28.9. The predicted octanol–water partition coefficient (Wildman–Crippen LogP) is 5.36. The number of carbonyl (C=O) groups excluding carboxylic acids is 5. The monoisotopic (exact) mass is 819 g/mol. The summed E-state index contributed by atoms with van der Waals surface area (Å²) >= 11 is 0. The smallest absolute Gasteiger partial charge is 0.264 e. The number of aromatic nitrogens is 4. The van der Waals surface area contributed by atoms with Gasteiger partial charge in [-0.1, -0.05) is 0 Å². The van der Waals surface area contributed by atoms with Crippen molar-refractivity contribution in [2.45, 2.75) is 103 Å². The van der Waals surface area contributed by atoms with Gasteiger partial charge in [-0.05, 0) is 97.4 Å². The van der Waals surface area contributed by atoms with Crippen LogP contribution in [-0.4, -0.2) is 89.5 Å². The third-order valence-corrected chi connectivity index (χ3v) is 13.6. The molecule has 14 nitrogen and oxygen atoms in total. The number of carbonyl (C=O) groups is 5. The van der Waals surface area contributed by atoms with E-state index in [9.17, 15) is 32.8 Å². The van der Waals surface area contributed by atoms with E-state index in [0.29, 0.717) is 67.3 Å². The van der Waals surface area contributed by atoms with Crippen molar-refractivity contribution in [3.63, 3.8) is 0 Å². The number of halogens is 2. The zero-order valence-electron chi connectivity index (χ0n) is 33.8. The van der Waals surface area contributed by atoms with Gasteiger partial charge in [-0.25, -0.2) is 8.78 Å². The molecule has 1 aliphatic carbocycles. The Labute approximate surface area is 345 Å². The van der Waals surface area contributed by atoms with Crippen LogP contribution in [0.2, 0.25) is 0 Å². The number of fused-ring (bicyclic) bond motifs is 4. The van der Waals surface area contributed by atoms with E-state index in [1.807, 2.05) is 23.1 Å². The third kappa shape index (κ3) is 6.50. The van der Waals surface area contributed by atoms with Gasteiger partial charge in [-0.2, -0.15) is 10.2 Å². The van der Waals surface area contributed by atoms with Gasteiger partial charge in [0.05, 0.1) is 29.9 Å². The van der Waals surface area contributed by atoms with E-state index in [2.05, 4.69) is 24.9 Å². The van der Waals surface area contributed by atoms with E-state index in [0.717, 1.165) is 89.4 Å². The minimum atomic E-state index is -2.68. The van der Waals surface area contributed by atoms with Crippen molar-refractivity contribution in [1.29, 1.82) is 0 Å². The summed E-state index contributed by atoms with van der Waals surface area (Å²) in [6.45, 7) is 5.48. The van der Waals surface area contributed by atoms with Crippen molar-refractivity contribution in [3.05, 3.63) is 81.3 Å². The van der Waals surface area contributed by atoms with Crippen molar-refractivity contribution in [2.24, 2.45) is 13.0 Å². The number of anilines is 2. The summed E-state index contributed by atoms with van der Waals surface area (Å²) in [5.74, 6) is -0.783. The molecule has 2 aromatic carbocycles. The Hall–Kier alpha value is -5.77. The summed E-state index contributed by atoms with van der Waals surface area (Å²) in [5, 5.41) is 11.8. The Balaban J connectivity index is 0.852. The second-order valence-electron chi connectivity index (χ2n) is 17.4. The maximum Gasteiger partial charge on any atom is 0.264 e. The van der Waals surface area contributed by atoms with Gasteiger partial charge < -0.3 is 9.80 Å². The van der Waals surface area contributed by atoms with Gasteiger partial charge in [0.15, 0.2) is 5.82 Å². The number of hydrogen-bond acceptors (Lipinski definition) is 9. The number of nitrogens with one attached hydrogen (secondary N) is 1. The van der Waals surface area contributed by atoms with E-state index in [4.69, 9.17) is 5.10 Å². The van der Waals surface area contributed by atoms with Crippen LogP contribution in [-0.2, 0) is 53.9 Å². The molecule has 4 aromatic rings. The third-order valence-electron chi connectivity index (χ3n) is 13.6. The van der Waals surface area contributed by atoms with Crippen LogP contribution in [0.3, 0.4) is 0 Å². The fourth-order valence-electron chi connectivity index (χ4n) is 10.6. The highest BCUT2D eigenvalue weighted by atomic mass is 19.3. The van der Waals surface area contributed by atoms with Crippen LogP contribution in [0, 0.1) is 5.92 Å². The van der Waals surface area contributed by atoms with Crippen LogP contribution in [0.1, 0.15) is 119 Å². The number of nitrogens with zero attached hydrogens (tertiary/aromatic N) is 8. The molecule has 6 aliphatic rings. The molecule has 60 heavy (non-hydrogen) atoms. The first kappa shape index (κ1) is 38.4. The average Bonchev–Trinajstić information content (AvgIpc) is 4.00. The molecule has 1 saturated carbocycles. The van der Waals surface area contributed by atoms with E-state index in [1.165, 1.54) is 0 Å². The van der Waals surface area contributed by atoms with Crippen LogP contribution in [0.5, 0.6) is 0 Å². The Morgan fingerprint density at radius 3 is 2.23 bits per heavy atom. The SMILES string of the molecule is CC(=O)N1CCc2c(c(N3CCCc4cc(-c5cnn(C)c5)c(C(F)F)cc43)nn2[C@H]2CC[C@H](CN3Cc4cc5c(cc4C3)C(=O)N(C3CCC(=O)NC3=O)C5=O)CC2)C1. The first-order valence-corrected chi connectivity index (χ1v) is 21.1. The molecule has 10 rings (SSSR count). The van der Waals surface area contributed by atoms with Crippen LogP contribution >= 0.6 is 0 Å². The lowest BCUT2D eigenvalue weighted by molar-refractivity contribution is -0.136. The van der Waals surface area contributed by atoms with Gasteiger partial charge in [0.1, 0.15) is 6.04 Å². The maximum atomic E-state index is 14.7. The first-order valence-electron chi connectivity index (χ1n) is 21.1. The van der Waals surface area contributed by atoms with Gasteiger partial charge in [0.25, 0.3) is 18.2 Å². The van der Waals surface area contributed by atoms with Gasteiger partial charge in [0, 0.05) is 93.8 Å². The largest absolute Gasteiger partial charge is 0.338 e. The fourth-order valence-corrected chi connectivity index (χ4v) is 10.6. The number of imide groups is 2. The summed E-state index contributed by atoms with van der Waals surface area (Å²) in [5.41, 5.74) is 7.65. The van der Waals surface area contributed by atoms with E-state index < -0.39 is 36.1 Å². The van der Waals surface area contributed by atoms with Crippen LogP contribution in [0.25, 0.3) is 11.1 Å². The Morgan fingerprint density at radius 1 is 0.867 bits per heavy atom. The van der Waals surface area contributed by atoms with E-state index in [-0.39, 0.29) is 30.4 Å². The van der Waals surface area contributed by atoms with Crippen molar-refractivity contribution in [2.75, 3.05) is 24.5 Å². The molecule has 0 radical (unpaired) electrons. The highest BCUT2D eigenvalue weighted by molar-refractivity contribution is 6.23. The van der Waals surface area contributed by atoms with Crippen LogP contribution in [0.15, 0.2) is 36.7 Å². The summed E-state index contributed by atoms with van der Waals surface area (Å²) < 4.78 is 33.3. The second kappa shape index (κ2) is 14.7. The number of rotatable bonds is 7. The molecule has 5 aliphatic heterocycles. The average molecular weight is 820 g/mol. The summed E-state index contributed by atoms with van der Waals surface area (Å²) in [6.07, 6.45) is 7.06. The number of benzene rings is 2. The van der Waals surface area contributed by atoms with Crippen molar-refractivity contribution >= 4 is 41.0 Å². The summed E-state index contributed by atoms with van der Waals surface area (Å²) in [4.78, 5) is 71.1. The lowest BCUT2D eigenvalue weighted by Gasteiger charge is -2.33. The van der Waals surface area contributed by atoms with Gasteiger partial charge in [-0.3, -0.25) is 48.5 Å². The predicted molar refractivity (Wildman–Crippen MR) is 214 cm³/mol. The Bertz CT molecular complexity index is 2440. The van der Waals surface area contributed by atoms with Gasteiger partial charge in [0.2, 0.25) is 17.7 Å². The number of piperidine rings is 1. The van der Waals surface area contributed by atoms with Crippen LogP contribution < -0.4 is 10.2 Å². The molecule has 1 atom stereocenters. The molecule has 0 bridgehead atoms. The molecule has 16 heteroatoms. The van der Waals surface area contributed by atoms with Gasteiger partial charge in [-0.15, -0.1) is 0 Å². The topological polar surface area (TPSA) is 146 Å². The zero-order chi connectivity index (χ0) is 41.6. The number of hydrogen-bond donors (Lipinski definition) is 1. The summed E-state index contributed by atoms with van der Waals surface area (Å²) in [6, 6.07) is 6.35. The molecule has 1 unspecified atom stereocenters. The van der Waals surface area contributed by atoms with Crippen molar-refractivity contribution < 1.29 is 32.8 Å². The second-order valence-corrected chi connectivity index (χ2v) is 17.4. The Morgan fingerprint density at radius 2 is 1.58 bits per heavy atom. The standard InChI is InChI=1S/C44H47F2N9O5/c1-24(56)52-13-11-36-35(23-52)41(53-12-3-4-26-14-31(29-18-47-50(2)20-29)32(40(45)46)17-38(26)53)49-55(36)30-7-5-25(6-8-30)19-51-21-27-15-33-34(16-28(27)22-51)44(60)54(43(33)59)37-9-10-39(57)48-42(37)58/h14-18,20,25,30,37,40H,3-13,19,21-23H2,1-2H3,(H,48,57,58)/t25-,30-,37?. The van der Waals surface area contributed by atoms with Crippen LogP contribution in [0.4, 0.5) is 20.3 Å². The lowest BCUT2D eigenvalue weighted by atomic mass is 9.85. The Kier molecular flexibility index (Phi) is 9.45. The minimum absolute atomic E-state index is 0.000996. The van der Waals surface area contributed by atoms with E-state index in [1.54, 1.807) is 37.1 Å². The summed E-state index contributed by atoms with van der Waals surface area (Å²) in [7, 11) is 1.78. The quantitative estimate of drug-likeness (QED) is 0.244. The van der Waals surface area contributed by atoms with Gasteiger partial charge >= 0.3 is 0 Å². The van der Waals surface area contributed by atoms with E-state index >= 15 is 0 Å². The fraction of sp³-hybridized carbons (Fsp3) is 0.477. The minimum Gasteiger partial charge on any atom is -0.338 e. The number of aryl methyl sites for hydroxylation is 2. The molecule has 2 aromatic heterocycles. The normalized spacial score (nSPS) is 22.9. The molecule has 312 valence electrons. The molecule has 0 spiro atoms. The highest BCUT2D eigenvalue weighted by Crippen LogP contribution is 2.45. The highest BCUT2D eigenvalue weighted by Gasteiger charge is 2.45. The molecular weight excluding hydrogens is 773 g/mol. The molecule has 5 amide bonds. The number of amides is 5. The molecule has 1 saturated heterocycles. The molecule has 1 N–H and O–H groups in total. The molecular formula is C44H47F2N9O5. The van der Waals surface area contributed by atoms with Crippen molar-refractivity contribution in [3.8, 4) is 11.1 Å². The number of alkyl halides is 2.